The summed E-state index contributed by atoms with van der Waals surface area (Å²) in [4.78, 5) is 0. The van der Waals surface area contributed by atoms with Crippen molar-refractivity contribution >= 4 is 5.88 Å². The van der Waals surface area contributed by atoms with Gasteiger partial charge in [-0.25, -0.2) is 0 Å². The van der Waals surface area contributed by atoms with Crippen LogP contribution in [-0.2, 0) is 0 Å². The molecule has 0 saturated heterocycles. The number of nitrogens with zero attached hydrogens (tertiary/aromatic N) is 1. The highest BCUT2D eigenvalue weighted by Gasteiger charge is 2.23. The lowest BCUT2D eigenvalue weighted by atomic mass is 10.0. The second kappa shape index (κ2) is 3.16. The van der Waals surface area contributed by atoms with Gasteiger partial charge in [0.25, 0.3) is 0 Å². The van der Waals surface area contributed by atoms with E-state index in [4.69, 9.17) is 19.7 Å². The molecular weight excluding hydrogens is 208 g/mol. The van der Waals surface area contributed by atoms with E-state index in [1.807, 2.05) is 19.1 Å². The summed E-state index contributed by atoms with van der Waals surface area (Å²) in [5.74, 6) is 1.74. The smallest absolute Gasteiger partial charge is 0.231 e. The summed E-state index contributed by atoms with van der Waals surface area (Å²) in [6.45, 7) is 2.20. The van der Waals surface area contributed by atoms with Gasteiger partial charge >= 0.3 is 0 Å². The molecule has 0 amide bonds. The summed E-state index contributed by atoms with van der Waals surface area (Å²) in [7, 11) is 0. The molecule has 2 N–H and O–H groups in total. The number of aromatic nitrogens is 1. The monoisotopic (exact) mass is 218 g/mol. The van der Waals surface area contributed by atoms with Gasteiger partial charge in [-0.05, 0) is 18.6 Å². The Morgan fingerprint density at radius 3 is 2.75 bits per heavy atom. The Hall–Kier alpha value is -2.17. The molecule has 2 aromatic rings. The van der Waals surface area contributed by atoms with E-state index in [-0.39, 0.29) is 12.7 Å². The lowest BCUT2D eigenvalue weighted by Crippen LogP contribution is -1.94. The van der Waals surface area contributed by atoms with E-state index in [2.05, 4.69) is 5.16 Å². The molecule has 5 heteroatoms. The Morgan fingerprint density at radius 1 is 1.19 bits per heavy atom. The maximum Gasteiger partial charge on any atom is 0.231 e. The third-order valence-corrected chi connectivity index (χ3v) is 2.60. The number of fused-ring (bicyclic) bond motifs is 1. The van der Waals surface area contributed by atoms with Gasteiger partial charge in [-0.15, -0.1) is 0 Å². The minimum absolute atomic E-state index is 0.234. The molecule has 0 fully saturated rings. The Labute approximate surface area is 91.7 Å². The van der Waals surface area contributed by atoms with E-state index in [1.54, 1.807) is 6.20 Å². The first kappa shape index (κ1) is 9.08. The first-order valence-corrected chi connectivity index (χ1v) is 4.87. The van der Waals surface area contributed by atoms with Crippen LogP contribution in [0.2, 0.25) is 0 Å². The first-order chi connectivity index (χ1) is 7.77. The highest BCUT2D eigenvalue weighted by Crippen LogP contribution is 2.44. The molecule has 16 heavy (non-hydrogen) atoms. The predicted molar refractivity (Wildman–Crippen MR) is 57.2 cm³/mol. The topological polar surface area (TPSA) is 70.5 Å². The number of benzene rings is 1. The standard InChI is InChI=1S/C11H10N2O3/c1-6-2-3-7(8-4-13-16-11(8)12)10-9(6)14-5-15-10/h2-4H,5,12H2,1H3. The summed E-state index contributed by atoms with van der Waals surface area (Å²) in [5.41, 5.74) is 8.28. The van der Waals surface area contributed by atoms with Gasteiger partial charge in [-0.3, -0.25) is 0 Å². The molecule has 0 atom stereocenters. The number of nitrogens with two attached hydrogens (primary N) is 1. The number of rotatable bonds is 1. The van der Waals surface area contributed by atoms with Crippen LogP contribution in [0.25, 0.3) is 11.1 Å². The van der Waals surface area contributed by atoms with Crippen molar-refractivity contribution in [1.29, 1.82) is 0 Å². The quantitative estimate of drug-likeness (QED) is 0.792. The van der Waals surface area contributed by atoms with Crippen molar-refractivity contribution in [1.82, 2.24) is 5.16 Å². The number of hydrogen-bond acceptors (Lipinski definition) is 5. The Bertz CT molecular complexity index is 548. The molecule has 0 aliphatic carbocycles. The van der Waals surface area contributed by atoms with Crippen LogP contribution in [0.15, 0.2) is 22.9 Å². The van der Waals surface area contributed by atoms with Gasteiger partial charge in [0.1, 0.15) is 0 Å². The second-order valence-corrected chi connectivity index (χ2v) is 3.60. The fourth-order valence-corrected chi connectivity index (χ4v) is 1.79. The van der Waals surface area contributed by atoms with E-state index < -0.39 is 0 Å². The number of nitrogen functional groups attached to an aromatic ring is 1. The van der Waals surface area contributed by atoms with Crippen LogP contribution in [0.5, 0.6) is 11.5 Å². The Balaban J connectivity index is 2.23. The Kier molecular flexibility index (Phi) is 1.80. The van der Waals surface area contributed by atoms with Gasteiger partial charge in [0.15, 0.2) is 11.5 Å². The summed E-state index contributed by atoms with van der Waals surface area (Å²) < 4.78 is 15.7. The molecular formula is C11H10N2O3. The summed E-state index contributed by atoms with van der Waals surface area (Å²) >= 11 is 0. The van der Waals surface area contributed by atoms with Crippen molar-refractivity contribution in [3.63, 3.8) is 0 Å². The largest absolute Gasteiger partial charge is 0.453 e. The van der Waals surface area contributed by atoms with E-state index in [0.717, 1.165) is 22.4 Å². The summed E-state index contributed by atoms with van der Waals surface area (Å²) in [6, 6.07) is 3.88. The van der Waals surface area contributed by atoms with Crippen LogP contribution >= 0.6 is 0 Å². The summed E-state index contributed by atoms with van der Waals surface area (Å²) in [6.07, 6.45) is 1.57. The molecule has 1 aliphatic rings. The van der Waals surface area contributed by atoms with E-state index in [0.29, 0.717) is 5.75 Å². The minimum Gasteiger partial charge on any atom is -0.453 e. The zero-order valence-electron chi connectivity index (χ0n) is 8.69. The van der Waals surface area contributed by atoms with Gasteiger partial charge < -0.3 is 19.7 Å². The van der Waals surface area contributed by atoms with Crippen LogP contribution in [0.1, 0.15) is 5.56 Å². The molecule has 0 bridgehead atoms. The van der Waals surface area contributed by atoms with E-state index in [9.17, 15) is 0 Å². The van der Waals surface area contributed by atoms with Gasteiger partial charge in [-0.1, -0.05) is 11.2 Å². The lowest BCUT2D eigenvalue weighted by molar-refractivity contribution is 0.174. The second-order valence-electron chi connectivity index (χ2n) is 3.60. The van der Waals surface area contributed by atoms with Crippen molar-refractivity contribution in [2.75, 3.05) is 12.5 Å². The molecule has 1 aromatic heterocycles. The lowest BCUT2D eigenvalue weighted by Gasteiger charge is -2.05. The zero-order valence-corrected chi connectivity index (χ0v) is 8.69. The van der Waals surface area contributed by atoms with Gasteiger partial charge in [0.2, 0.25) is 12.7 Å². The first-order valence-electron chi connectivity index (χ1n) is 4.87. The molecule has 1 aromatic carbocycles. The predicted octanol–water partition coefficient (Wildman–Crippen LogP) is 1.96. The molecule has 0 radical (unpaired) electrons. The van der Waals surface area contributed by atoms with E-state index in [1.165, 1.54) is 0 Å². The van der Waals surface area contributed by atoms with Gasteiger partial charge in [-0.2, -0.15) is 0 Å². The molecule has 2 heterocycles. The van der Waals surface area contributed by atoms with Gasteiger partial charge in [0.05, 0.1) is 11.8 Å². The van der Waals surface area contributed by atoms with Crippen molar-refractivity contribution in [2.24, 2.45) is 0 Å². The van der Waals surface area contributed by atoms with E-state index >= 15 is 0 Å². The minimum atomic E-state index is 0.234. The molecule has 0 unspecified atom stereocenters. The van der Waals surface area contributed by atoms with Crippen molar-refractivity contribution in [2.45, 2.75) is 6.92 Å². The van der Waals surface area contributed by atoms with Crippen LogP contribution < -0.4 is 15.2 Å². The highest BCUT2D eigenvalue weighted by atomic mass is 16.7. The number of hydrogen-bond donors (Lipinski definition) is 1. The number of aryl methyl sites for hydroxylation is 1. The van der Waals surface area contributed by atoms with Crippen LogP contribution in [0, 0.1) is 6.92 Å². The fraction of sp³-hybridized carbons (Fsp3) is 0.182. The molecule has 0 spiro atoms. The number of anilines is 1. The van der Waals surface area contributed by atoms with Gasteiger partial charge in [0, 0.05) is 5.56 Å². The molecule has 82 valence electrons. The molecule has 1 aliphatic heterocycles. The van der Waals surface area contributed by atoms with Crippen LogP contribution in [0.3, 0.4) is 0 Å². The maximum atomic E-state index is 5.68. The Morgan fingerprint density at radius 2 is 2.00 bits per heavy atom. The normalized spacial score (nSPS) is 13.1. The highest BCUT2D eigenvalue weighted by molar-refractivity contribution is 5.80. The SMILES string of the molecule is Cc1ccc(-c2cnoc2N)c2c1OCO2. The third kappa shape index (κ3) is 1.14. The average Bonchev–Trinajstić information content (AvgIpc) is 2.88. The van der Waals surface area contributed by atoms with Crippen molar-refractivity contribution in [3.8, 4) is 22.6 Å². The maximum absolute atomic E-state index is 5.68. The van der Waals surface area contributed by atoms with Crippen molar-refractivity contribution in [3.05, 3.63) is 23.9 Å². The molecule has 5 nitrogen and oxygen atoms in total. The summed E-state index contributed by atoms with van der Waals surface area (Å²) in [5, 5.41) is 3.65. The molecule has 0 saturated carbocycles. The zero-order chi connectivity index (χ0) is 11.1. The van der Waals surface area contributed by atoms with Crippen LogP contribution in [0.4, 0.5) is 5.88 Å². The average molecular weight is 218 g/mol. The third-order valence-electron chi connectivity index (χ3n) is 2.60. The number of ether oxygens (including phenoxy) is 2. The fourth-order valence-electron chi connectivity index (χ4n) is 1.79. The van der Waals surface area contributed by atoms with Crippen molar-refractivity contribution < 1.29 is 14.0 Å². The molecule has 3 rings (SSSR count). The van der Waals surface area contributed by atoms with Crippen LogP contribution in [-0.4, -0.2) is 11.9 Å².